The van der Waals surface area contributed by atoms with Gasteiger partial charge >= 0.3 is 5.97 Å². The Balaban J connectivity index is 1.38. The molecule has 2 aromatic heterocycles. The number of ether oxygens (including phenoxy) is 4. The lowest BCUT2D eigenvalue weighted by atomic mass is 10.2. The van der Waals surface area contributed by atoms with Crippen LogP contribution in [0.3, 0.4) is 0 Å². The van der Waals surface area contributed by atoms with E-state index in [1.165, 1.54) is 7.11 Å². The number of carbonyl (C=O) groups is 2. The standard InChI is InChI=1S/C29H28N4O6/c1-36-29(35)26-25(32-28(34)19-6-3-2-4-7-19)22-13-20(15-31-27(22)33(26)16-21-8-5-11-37-21)30-14-18-9-10-23-24(12-18)39-17-38-23/h2-4,6-7,9-10,12-13,15,21,30H,5,8,11,14,16-17H2,1H3,(H,32,34). The molecule has 10 nitrogen and oxygen atoms in total. The molecule has 0 spiro atoms. The number of methoxy groups -OCH3 is 1. The molecular weight excluding hydrogens is 500 g/mol. The van der Waals surface area contributed by atoms with Gasteiger partial charge in [0.25, 0.3) is 5.91 Å². The highest BCUT2D eigenvalue weighted by Crippen LogP contribution is 2.35. The molecule has 0 radical (unpaired) electrons. The molecule has 1 fully saturated rings. The van der Waals surface area contributed by atoms with Crippen LogP contribution in [0.2, 0.25) is 0 Å². The van der Waals surface area contributed by atoms with E-state index in [0.717, 1.165) is 29.8 Å². The molecule has 2 aliphatic rings. The van der Waals surface area contributed by atoms with Gasteiger partial charge in [0, 0.05) is 24.1 Å². The number of anilines is 2. The van der Waals surface area contributed by atoms with Gasteiger partial charge in [-0.05, 0) is 48.7 Å². The Morgan fingerprint density at radius 1 is 1.10 bits per heavy atom. The molecule has 1 amide bonds. The van der Waals surface area contributed by atoms with Crippen molar-refractivity contribution in [1.82, 2.24) is 9.55 Å². The van der Waals surface area contributed by atoms with E-state index in [2.05, 4.69) is 10.6 Å². The van der Waals surface area contributed by atoms with Gasteiger partial charge in [-0.1, -0.05) is 24.3 Å². The summed E-state index contributed by atoms with van der Waals surface area (Å²) in [6.45, 7) is 1.82. The van der Waals surface area contributed by atoms with E-state index >= 15 is 0 Å². The lowest BCUT2D eigenvalue weighted by Crippen LogP contribution is -2.21. The fraction of sp³-hybridized carbons (Fsp3) is 0.276. The van der Waals surface area contributed by atoms with Gasteiger partial charge in [-0.25, -0.2) is 9.78 Å². The molecule has 6 rings (SSSR count). The minimum atomic E-state index is -0.566. The van der Waals surface area contributed by atoms with Crippen LogP contribution >= 0.6 is 0 Å². The van der Waals surface area contributed by atoms with Gasteiger partial charge in [0.2, 0.25) is 6.79 Å². The number of esters is 1. The summed E-state index contributed by atoms with van der Waals surface area (Å²) >= 11 is 0. The smallest absolute Gasteiger partial charge is 0.356 e. The molecule has 39 heavy (non-hydrogen) atoms. The molecule has 10 heteroatoms. The molecule has 1 saturated heterocycles. The van der Waals surface area contributed by atoms with Crippen molar-refractivity contribution >= 4 is 34.3 Å². The molecule has 200 valence electrons. The Morgan fingerprint density at radius 3 is 2.74 bits per heavy atom. The summed E-state index contributed by atoms with van der Waals surface area (Å²) in [6, 6.07) is 16.5. The fourth-order valence-electron chi connectivity index (χ4n) is 4.96. The summed E-state index contributed by atoms with van der Waals surface area (Å²) in [5, 5.41) is 6.96. The number of carbonyl (C=O) groups excluding carboxylic acids is 2. The van der Waals surface area contributed by atoms with Crippen LogP contribution in [-0.4, -0.2) is 48.0 Å². The van der Waals surface area contributed by atoms with Crippen molar-refractivity contribution in [2.45, 2.75) is 32.0 Å². The average molecular weight is 529 g/mol. The molecule has 0 saturated carbocycles. The number of nitrogens with one attached hydrogen (secondary N) is 2. The number of aromatic nitrogens is 2. The SMILES string of the molecule is COC(=O)c1c(NC(=O)c2ccccc2)c2cc(NCc3ccc4c(c3)OCO4)cnc2n1CC1CCCO1. The van der Waals surface area contributed by atoms with E-state index in [4.69, 9.17) is 23.9 Å². The molecule has 1 atom stereocenters. The minimum absolute atomic E-state index is 0.0627. The van der Waals surface area contributed by atoms with Crippen molar-refractivity contribution in [1.29, 1.82) is 0 Å². The van der Waals surface area contributed by atoms with Gasteiger partial charge in [0.15, 0.2) is 17.2 Å². The second-order valence-electron chi connectivity index (χ2n) is 9.42. The van der Waals surface area contributed by atoms with E-state index in [-0.39, 0.29) is 24.5 Å². The molecule has 0 bridgehead atoms. The van der Waals surface area contributed by atoms with E-state index in [0.29, 0.717) is 47.7 Å². The maximum absolute atomic E-state index is 13.2. The molecule has 1 unspecified atom stereocenters. The van der Waals surface area contributed by atoms with Gasteiger partial charge in [0.05, 0.1) is 37.3 Å². The maximum atomic E-state index is 13.2. The highest BCUT2D eigenvalue weighted by molar-refractivity contribution is 6.14. The first-order valence-electron chi connectivity index (χ1n) is 12.8. The van der Waals surface area contributed by atoms with Crippen LogP contribution in [0.5, 0.6) is 11.5 Å². The molecule has 0 aliphatic carbocycles. The first kappa shape index (κ1) is 24.7. The monoisotopic (exact) mass is 528 g/mol. The molecule has 2 N–H and O–H groups in total. The summed E-state index contributed by atoms with van der Waals surface area (Å²) in [5.41, 5.74) is 3.33. The van der Waals surface area contributed by atoms with Crippen LogP contribution < -0.4 is 20.1 Å². The first-order chi connectivity index (χ1) is 19.1. The number of amides is 1. The molecule has 4 heterocycles. The minimum Gasteiger partial charge on any atom is -0.464 e. The van der Waals surface area contributed by atoms with Crippen LogP contribution in [0.4, 0.5) is 11.4 Å². The highest BCUT2D eigenvalue weighted by atomic mass is 16.7. The first-order valence-corrected chi connectivity index (χ1v) is 12.8. The van der Waals surface area contributed by atoms with E-state index in [9.17, 15) is 9.59 Å². The Bertz CT molecular complexity index is 1530. The van der Waals surface area contributed by atoms with Gasteiger partial charge in [-0.2, -0.15) is 0 Å². The lowest BCUT2D eigenvalue weighted by molar-refractivity contribution is 0.0580. The van der Waals surface area contributed by atoms with Crippen molar-refractivity contribution < 1.29 is 28.5 Å². The van der Waals surface area contributed by atoms with Crippen molar-refractivity contribution in [3.63, 3.8) is 0 Å². The van der Waals surface area contributed by atoms with E-state index in [1.807, 2.05) is 30.3 Å². The van der Waals surface area contributed by atoms with Crippen molar-refractivity contribution in [2.75, 3.05) is 31.1 Å². The van der Waals surface area contributed by atoms with Gasteiger partial charge in [0.1, 0.15) is 5.65 Å². The van der Waals surface area contributed by atoms with Crippen molar-refractivity contribution in [3.05, 3.63) is 77.6 Å². The summed E-state index contributed by atoms with van der Waals surface area (Å²) in [6.07, 6.45) is 3.48. The third kappa shape index (κ3) is 4.98. The van der Waals surface area contributed by atoms with Gasteiger partial charge in [-0.15, -0.1) is 0 Å². The zero-order valence-electron chi connectivity index (χ0n) is 21.4. The number of rotatable bonds is 8. The summed E-state index contributed by atoms with van der Waals surface area (Å²) in [4.78, 5) is 31.0. The van der Waals surface area contributed by atoms with Crippen LogP contribution in [0.25, 0.3) is 11.0 Å². The lowest BCUT2D eigenvalue weighted by Gasteiger charge is -2.14. The van der Waals surface area contributed by atoms with Crippen molar-refractivity contribution in [3.8, 4) is 11.5 Å². The second-order valence-corrected chi connectivity index (χ2v) is 9.42. The van der Waals surface area contributed by atoms with Crippen LogP contribution in [0.15, 0.2) is 60.8 Å². The Kier molecular flexibility index (Phi) is 6.76. The zero-order chi connectivity index (χ0) is 26.8. The maximum Gasteiger partial charge on any atom is 0.356 e. The predicted octanol–water partition coefficient (Wildman–Crippen LogP) is 4.60. The number of pyridine rings is 1. The molecule has 2 aromatic carbocycles. The number of hydrogen-bond donors (Lipinski definition) is 2. The van der Waals surface area contributed by atoms with E-state index < -0.39 is 5.97 Å². The van der Waals surface area contributed by atoms with E-state index in [1.54, 1.807) is 35.0 Å². The predicted molar refractivity (Wildman–Crippen MR) is 144 cm³/mol. The van der Waals surface area contributed by atoms with Gasteiger partial charge in [-0.3, -0.25) is 4.79 Å². The largest absolute Gasteiger partial charge is 0.464 e. The normalized spacial score (nSPS) is 15.9. The van der Waals surface area contributed by atoms with Crippen molar-refractivity contribution in [2.24, 2.45) is 0 Å². The molecule has 2 aliphatic heterocycles. The third-order valence-electron chi connectivity index (χ3n) is 6.90. The number of benzene rings is 2. The Hall–Kier alpha value is -4.57. The Morgan fingerprint density at radius 2 is 1.95 bits per heavy atom. The number of nitrogens with zero attached hydrogens (tertiary/aromatic N) is 2. The zero-order valence-corrected chi connectivity index (χ0v) is 21.4. The van der Waals surface area contributed by atoms with Crippen LogP contribution in [0, 0.1) is 0 Å². The fourth-order valence-corrected chi connectivity index (χ4v) is 4.96. The van der Waals surface area contributed by atoms with Gasteiger partial charge < -0.3 is 34.1 Å². The Labute approximate surface area is 224 Å². The van der Waals surface area contributed by atoms with Crippen LogP contribution in [-0.2, 0) is 22.6 Å². The molecular formula is C29H28N4O6. The van der Waals surface area contributed by atoms with Crippen LogP contribution in [0.1, 0.15) is 39.3 Å². The second kappa shape index (κ2) is 10.7. The summed E-state index contributed by atoms with van der Waals surface area (Å²) < 4.78 is 23.7. The number of fused-ring (bicyclic) bond motifs is 2. The quantitative estimate of drug-likeness (QED) is 0.319. The summed E-state index contributed by atoms with van der Waals surface area (Å²) in [5.74, 6) is 0.533. The molecule has 4 aromatic rings. The summed E-state index contributed by atoms with van der Waals surface area (Å²) in [7, 11) is 1.32. The third-order valence-corrected chi connectivity index (χ3v) is 6.90. The average Bonchev–Trinajstić information content (AvgIpc) is 3.72. The highest BCUT2D eigenvalue weighted by Gasteiger charge is 2.29. The number of hydrogen-bond acceptors (Lipinski definition) is 8. The topological polar surface area (TPSA) is 113 Å².